The van der Waals surface area contributed by atoms with Crippen LogP contribution in [-0.2, 0) is 21.7 Å². The molecule has 0 amide bonds. The molecule has 0 bridgehead atoms. The van der Waals surface area contributed by atoms with Crippen LogP contribution in [0.15, 0.2) is 167 Å². The Morgan fingerprint density at radius 2 is 0.662 bits per heavy atom. The molecule has 2 nitrogen and oxygen atoms in total. The van der Waals surface area contributed by atoms with Gasteiger partial charge in [0.1, 0.15) is 22.3 Å². The molecule has 0 spiro atoms. The fraction of sp³-hybridized carbons (Fsp3) is 0.182. The number of hydrogen-bond acceptors (Lipinski definition) is 2. The Kier molecular flexibility index (Phi) is 7.03. The number of hydrogen-bond donors (Lipinski definition) is 0. The summed E-state index contributed by atoms with van der Waals surface area (Å²) in [5.41, 5.74) is 29.2. The molecule has 0 saturated carbocycles. The van der Waals surface area contributed by atoms with E-state index in [-0.39, 0.29) is 21.7 Å². The van der Waals surface area contributed by atoms with Gasteiger partial charge in [-0.25, -0.2) is 0 Å². The maximum absolute atomic E-state index is 7.05. The molecule has 0 radical (unpaired) electrons. The van der Waals surface area contributed by atoms with E-state index in [1.807, 2.05) is 0 Å². The first kappa shape index (κ1) is 38.7. The topological polar surface area (TPSA) is 26.3 Å². The van der Waals surface area contributed by atoms with Crippen molar-refractivity contribution >= 4 is 43.9 Å². The molecule has 0 unspecified atom stereocenters. The van der Waals surface area contributed by atoms with Gasteiger partial charge in [-0.15, -0.1) is 0 Å². The molecule has 4 aliphatic rings. The Balaban J connectivity index is 0.970. The van der Waals surface area contributed by atoms with Crippen LogP contribution in [0.3, 0.4) is 0 Å². The van der Waals surface area contributed by atoms with Crippen LogP contribution in [-0.4, -0.2) is 0 Å². The lowest BCUT2D eigenvalue weighted by Gasteiger charge is -2.31. The van der Waals surface area contributed by atoms with E-state index in [1.54, 1.807) is 0 Å². The average Bonchev–Trinajstić information content (AvgIpc) is 4.13. The molecule has 0 fully saturated rings. The summed E-state index contributed by atoms with van der Waals surface area (Å²) in [6, 6.07) is 59.3. The Hall–Kier alpha value is -7.42. The van der Waals surface area contributed by atoms with Crippen molar-refractivity contribution in [2.24, 2.45) is 0 Å². The van der Waals surface area contributed by atoms with Crippen LogP contribution < -0.4 is 0 Å². The van der Waals surface area contributed by atoms with Gasteiger partial charge >= 0.3 is 0 Å². The molecule has 11 aromatic rings. The third kappa shape index (κ3) is 4.51. The maximum Gasteiger partial charge on any atom is 0.143 e. The molecule has 2 heteroatoms. The number of fused-ring (bicyclic) bond motifs is 21. The summed E-state index contributed by atoms with van der Waals surface area (Å²) in [6.07, 6.45) is 0. The minimum Gasteiger partial charge on any atom is -0.455 e. The van der Waals surface area contributed by atoms with Crippen molar-refractivity contribution in [3.05, 3.63) is 202 Å². The van der Waals surface area contributed by atoms with E-state index in [1.165, 1.54) is 111 Å². The fourth-order valence-corrected chi connectivity index (χ4v) is 14.1. The van der Waals surface area contributed by atoms with Crippen molar-refractivity contribution in [2.45, 2.75) is 77.0 Å². The van der Waals surface area contributed by atoms with Gasteiger partial charge in [0.15, 0.2) is 0 Å². The van der Waals surface area contributed by atoms with Gasteiger partial charge in [0.25, 0.3) is 0 Å². The summed E-state index contributed by atoms with van der Waals surface area (Å²) in [7, 11) is 0. The standard InChI is InChI=1S/C66H50O2/c1-63(2)47-21-13-9-17-37(47)39-27-25-35(31-49(39)63)45-33-51-55(57-41-19-11-15-23-53(41)67-61(45)57)43-29-30-44-56-52(66(7,8)60(44)59(43)65(51,5)6)34-46(62-58(56)42-20-12-16-24-54(42)68-62)36-26-28-40-38-18-10-14-22-48(38)64(3,4)50(40)32-36/h9-34H,1-8H3. The van der Waals surface area contributed by atoms with Crippen LogP contribution in [0.4, 0.5) is 0 Å². The number of rotatable bonds is 2. The predicted molar refractivity (Wildman–Crippen MR) is 282 cm³/mol. The van der Waals surface area contributed by atoms with Crippen molar-refractivity contribution in [1.82, 2.24) is 0 Å². The molecular weight excluding hydrogens is 825 g/mol. The third-order valence-corrected chi connectivity index (χ3v) is 17.4. The van der Waals surface area contributed by atoms with Gasteiger partial charge in [-0.3, -0.25) is 0 Å². The summed E-state index contributed by atoms with van der Waals surface area (Å²) in [5.74, 6) is 0. The van der Waals surface area contributed by atoms with Crippen LogP contribution in [0.5, 0.6) is 0 Å². The van der Waals surface area contributed by atoms with E-state index in [0.29, 0.717) is 0 Å². The SMILES string of the molecule is CC1(C)c2ccccc2-c2ccc(-c3cc4c(c5c3oc3ccccc35)-c3ccc5c(c3C4(C)C)C(C)(C)c3cc(-c4ccc6c(c4)C(C)(C)c4ccccc4-6)c4oc6ccccc6c4c3-5)cc21. The van der Waals surface area contributed by atoms with E-state index in [0.717, 1.165) is 44.2 Å². The van der Waals surface area contributed by atoms with Crippen LogP contribution in [0.2, 0.25) is 0 Å². The minimum atomic E-state index is -0.330. The smallest absolute Gasteiger partial charge is 0.143 e. The van der Waals surface area contributed by atoms with E-state index in [2.05, 4.69) is 213 Å². The van der Waals surface area contributed by atoms with Crippen molar-refractivity contribution in [2.75, 3.05) is 0 Å². The molecule has 9 aromatic carbocycles. The normalized spacial score (nSPS) is 16.7. The molecule has 326 valence electrons. The van der Waals surface area contributed by atoms with Gasteiger partial charge in [0.2, 0.25) is 0 Å². The van der Waals surface area contributed by atoms with E-state index < -0.39 is 0 Å². The molecule has 4 aliphatic carbocycles. The maximum atomic E-state index is 7.05. The Morgan fingerprint density at radius 1 is 0.294 bits per heavy atom. The van der Waals surface area contributed by atoms with Crippen molar-refractivity contribution in [3.8, 4) is 66.8 Å². The quantitative estimate of drug-likeness (QED) is 0.173. The molecule has 2 heterocycles. The Morgan fingerprint density at radius 3 is 1.10 bits per heavy atom. The zero-order valence-corrected chi connectivity index (χ0v) is 39.8. The summed E-state index contributed by atoms with van der Waals surface area (Å²) in [5, 5.41) is 4.75. The monoisotopic (exact) mass is 874 g/mol. The van der Waals surface area contributed by atoms with Crippen LogP contribution in [0, 0.1) is 0 Å². The molecular formula is C66H50O2. The third-order valence-electron chi connectivity index (χ3n) is 17.4. The first-order valence-electron chi connectivity index (χ1n) is 24.4. The largest absolute Gasteiger partial charge is 0.455 e. The molecule has 0 saturated heterocycles. The van der Waals surface area contributed by atoms with Crippen molar-refractivity contribution < 1.29 is 8.83 Å². The van der Waals surface area contributed by atoms with Crippen LogP contribution in [0.25, 0.3) is 111 Å². The van der Waals surface area contributed by atoms with Crippen LogP contribution in [0.1, 0.15) is 99.9 Å². The molecule has 0 aliphatic heterocycles. The second kappa shape index (κ2) is 12.4. The van der Waals surface area contributed by atoms with Crippen molar-refractivity contribution in [1.29, 1.82) is 0 Å². The first-order chi connectivity index (χ1) is 32.8. The Bertz CT molecular complexity index is 3870. The first-order valence-corrected chi connectivity index (χ1v) is 24.4. The highest BCUT2D eigenvalue weighted by atomic mass is 16.3. The second-order valence-electron chi connectivity index (χ2n) is 22.3. The molecule has 15 rings (SSSR count). The highest BCUT2D eigenvalue weighted by molar-refractivity contribution is 6.21. The molecule has 0 atom stereocenters. The number of benzene rings is 9. The van der Waals surface area contributed by atoms with Gasteiger partial charge < -0.3 is 8.83 Å². The van der Waals surface area contributed by atoms with Gasteiger partial charge in [-0.2, -0.15) is 0 Å². The molecule has 2 aromatic heterocycles. The molecule has 0 N–H and O–H groups in total. The second-order valence-corrected chi connectivity index (χ2v) is 22.3. The van der Waals surface area contributed by atoms with Gasteiger partial charge in [0.05, 0.1) is 0 Å². The Labute approximate surface area is 396 Å². The highest BCUT2D eigenvalue weighted by Gasteiger charge is 2.48. The van der Waals surface area contributed by atoms with Crippen LogP contribution >= 0.6 is 0 Å². The zero-order valence-electron chi connectivity index (χ0n) is 39.8. The van der Waals surface area contributed by atoms with Gasteiger partial charge in [0, 0.05) is 54.3 Å². The predicted octanol–water partition coefficient (Wildman–Crippen LogP) is 18.0. The lowest BCUT2D eigenvalue weighted by molar-refractivity contribution is 0.601. The summed E-state index contributed by atoms with van der Waals surface area (Å²) >= 11 is 0. The van der Waals surface area contributed by atoms with Crippen molar-refractivity contribution in [3.63, 3.8) is 0 Å². The molecule has 68 heavy (non-hydrogen) atoms. The minimum absolute atomic E-state index is 0.114. The average molecular weight is 875 g/mol. The van der Waals surface area contributed by atoms with Gasteiger partial charge in [-0.05, 0) is 137 Å². The number of para-hydroxylation sites is 2. The van der Waals surface area contributed by atoms with E-state index >= 15 is 0 Å². The summed E-state index contributed by atoms with van der Waals surface area (Å²) < 4.78 is 14.1. The lowest BCUT2D eigenvalue weighted by Crippen LogP contribution is -2.24. The lowest BCUT2D eigenvalue weighted by atomic mass is 9.72. The highest BCUT2D eigenvalue weighted by Crippen LogP contribution is 2.64. The van der Waals surface area contributed by atoms with Gasteiger partial charge in [-0.1, -0.05) is 177 Å². The summed E-state index contributed by atoms with van der Waals surface area (Å²) in [6.45, 7) is 19.4. The zero-order chi connectivity index (χ0) is 46.0. The summed E-state index contributed by atoms with van der Waals surface area (Å²) in [4.78, 5) is 0. The number of furan rings is 2. The fourth-order valence-electron chi connectivity index (χ4n) is 14.1. The van der Waals surface area contributed by atoms with E-state index in [9.17, 15) is 0 Å². The van der Waals surface area contributed by atoms with E-state index in [4.69, 9.17) is 8.83 Å².